The molecule has 1 fully saturated rings. The fourth-order valence-corrected chi connectivity index (χ4v) is 2.57. The summed E-state index contributed by atoms with van der Waals surface area (Å²) in [6.07, 6.45) is 0.836. The second kappa shape index (κ2) is 7.51. The lowest BCUT2D eigenvalue weighted by Crippen LogP contribution is -2.32. The van der Waals surface area contributed by atoms with Crippen molar-refractivity contribution in [2.45, 2.75) is 19.3 Å². The predicted octanol–water partition coefficient (Wildman–Crippen LogP) is 3.23. The maximum atomic E-state index is 12.0. The number of rotatable bonds is 5. The third-order valence-corrected chi connectivity index (χ3v) is 4.37. The maximum absolute atomic E-state index is 12.0. The van der Waals surface area contributed by atoms with Crippen LogP contribution in [0.3, 0.4) is 0 Å². The maximum Gasteiger partial charge on any atom is 0.223 e. The number of amides is 1. The van der Waals surface area contributed by atoms with Gasteiger partial charge in [0.05, 0.1) is 10.0 Å². The van der Waals surface area contributed by atoms with Crippen LogP contribution in [-0.4, -0.2) is 19.0 Å². The van der Waals surface area contributed by atoms with E-state index < -0.39 is 0 Å². The average molecular weight is 338 g/mol. The molecule has 1 saturated carbocycles. The molecule has 1 aromatic rings. The first-order chi connectivity index (χ1) is 9.04. The van der Waals surface area contributed by atoms with E-state index in [1.165, 1.54) is 0 Å². The Bertz CT molecular complexity index is 481. The van der Waals surface area contributed by atoms with Gasteiger partial charge in [-0.3, -0.25) is 4.79 Å². The average Bonchev–Trinajstić information content (AvgIpc) is 3.19. The minimum absolute atomic E-state index is 0. The van der Waals surface area contributed by atoms with Crippen molar-refractivity contribution in [2.75, 3.05) is 13.1 Å². The molecule has 0 spiro atoms. The SMILES string of the molecule is CC(CN)CNC(=O)C1CC1c1cccc(Cl)c1Cl.Cl. The van der Waals surface area contributed by atoms with Gasteiger partial charge < -0.3 is 11.1 Å². The molecule has 0 bridgehead atoms. The van der Waals surface area contributed by atoms with E-state index in [1.54, 1.807) is 6.07 Å². The summed E-state index contributed by atoms with van der Waals surface area (Å²) in [5.74, 6) is 0.595. The van der Waals surface area contributed by atoms with E-state index in [-0.39, 0.29) is 30.2 Å². The lowest BCUT2D eigenvalue weighted by Gasteiger charge is -2.10. The van der Waals surface area contributed by atoms with E-state index in [1.807, 2.05) is 19.1 Å². The summed E-state index contributed by atoms with van der Waals surface area (Å²) in [4.78, 5) is 12.0. The number of nitrogens with one attached hydrogen (secondary N) is 1. The number of halogens is 3. The highest BCUT2D eigenvalue weighted by molar-refractivity contribution is 6.42. The van der Waals surface area contributed by atoms with Crippen LogP contribution in [0.25, 0.3) is 0 Å². The molecular weight excluding hydrogens is 319 g/mol. The fraction of sp³-hybridized carbons (Fsp3) is 0.500. The topological polar surface area (TPSA) is 55.1 Å². The van der Waals surface area contributed by atoms with Gasteiger partial charge in [0.1, 0.15) is 0 Å². The summed E-state index contributed by atoms with van der Waals surface area (Å²) in [6, 6.07) is 5.57. The van der Waals surface area contributed by atoms with Crippen LogP contribution in [0.4, 0.5) is 0 Å². The minimum atomic E-state index is 0. The third-order valence-electron chi connectivity index (χ3n) is 3.54. The first-order valence-corrected chi connectivity index (χ1v) is 7.21. The van der Waals surface area contributed by atoms with Gasteiger partial charge in [0, 0.05) is 12.5 Å². The van der Waals surface area contributed by atoms with Crippen LogP contribution in [0.1, 0.15) is 24.8 Å². The Hall–Kier alpha value is -0.480. The van der Waals surface area contributed by atoms with Crippen LogP contribution in [-0.2, 0) is 4.79 Å². The lowest BCUT2D eigenvalue weighted by atomic mass is 10.1. The van der Waals surface area contributed by atoms with E-state index >= 15 is 0 Å². The molecule has 0 aliphatic heterocycles. The molecule has 0 heterocycles. The van der Waals surface area contributed by atoms with Gasteiger partial charge in [-0.2, -0.15) is 0 Å². The van der Waals surface area contributed by atoms with Gasteiger partial charge in [0.2, 0.25) is 5.91 Å². The van der Waals surface area contributed by atoms with Crippen molar-refractivity contribution in [2.24, 2.45) is 17.6 Å². The van der Waals surface area contributed by atoms with Crippen LogP contribution >= 0.6 is 35.6 Å². The smallest absolute Gasteiger partial charge is 0.223 e. The predicted molar refractivity (Wildman–Crippen MR) is 85.8 cm³/mol. The summed E-state index contributed by atoms with van der Waals surface area (Å²) in [5, 5.41) is 4.05. The van der Waals surface area contributed by atoms with Crippen LogP contribution in [0.15, 0.2) is 18.2 Å². The van der Waals surface area contributed by atoms with E-state index in [0.29, 0.717) is 29.1 Å². The summed E-state index contributed by atoms with van der Waals surface area (Å²) in [6.45, 7) is 3.22. The van der Waals surface area contributed by atoms with Crippen molar-refractivity contribution in [3.63, 3.8) is 0 Å². The van der Waals surface area contributed by atoms with Crippen molar-refractivity contribution in [1.29, 1.82) is 0 Å². The molecule has 3 N–H and O–H groups in total. The van der Waals surface area contributed by atoms with Crippen LogP contribution in [0.2, 0.25) is 10.0 Å². The highest BCUT2D eigenvalue weighted by atomic mass is 35.5. The highest BCUT2D eigenvalue weighted by Crippen LogP contribution is 2.50. The summed E-state index contributed by atoms with van der Waals surface area (Å²) >= 11 is 12.2. The molecule has 112 valence electrons. The second-order valence-electron chi connectivity index (χ2n) is 5.18. The van der Waals surface area contributed by atoms with Crippen molar-refractivity contribution < 1.29 is 4.79 Å². The minimum Gasteiger partial charge on any atom is -0.356 e. The number of benzene rings is 1. The second-order valence-corrected chi connectivity index (χ2v) is 5.96. The zero-order valence-corrected chi connectivity index (χ0v) is 13.6. The third kappa shape index (κ3) is 4.01. The van der Waals surface area contributed by atoms with Gasteiger partial charge in [-0.1, -0.05) is 42.3 Å². The molecule has 3 atom stereocenters. The van der Waals surface area contributed by atoms with Gasteiger partial charge in [0.25, 0.3) is 0 Å². The van der Waals surface area contributed by atoms with Gasteiger partial charge in [-0.05, 0) is 36.4 Å². The zero-order valence-electron chi connectivity index (χ0n) is 11.2. The highest BCUT2D eigenvalue weighted by Gasteiger charge is 2.44. The summed E-state index contributed by atoms with van der Waals surface area (Å²) in [7, 11) is 0. The van der Waals surface area contributed by atoms with E-state index in [4.69, 9.17) is 28.9 Å². The molecule has 1 aliphatic rings. The number of hydrogen-bond donors (Lipinski definition) is 2. The standard InChI is InChI=1S/C14H18Cl2N2O.ClH/c1-8(6-17)7-18-14(19)11-5-10(11)9-3-2-4-12(15)13(9)16;/h2-4,8,10-11H,5-7,17H2,1H3,(H,18,19);1H. The molecule has 0 saturated heterocycles. The van der Waals surface area contributed by atoms with Crippen molar-refractivity contribution in [3.05, 3.63) is 33.8 Å². The fourth-order valence-electron chi connectivity index (χ4n) is 2.12. The summed E-state index contributed by atoms with van der Waals surface area (Å²) < 4.78 is 0. The van der Waals surface area contributed by atoms with Crippen LogP contribution in [0.5, 0.6) is 0 Å². The summed E-state index contributed by atoms with van der Waals surface area (Å²) in [5.41, 5.74) is 6.49. The monoisotopic (exact) mass is 336 g/mol. The van der Waals surface area contributed by atoms with Crippen molar-refractivity contribution in [1.82, 2.24) is 5.32 Å². The zero-order chi connectivity index (χ0) is 14.0. The van der Waals surface area contributed by atoms with E-state index in [0.717, 1.165) is 12.0 Å². The lowest BCUT2D eigenvalue weighted by molar-refractivity contribution is -0.122. The molecule has 0 radical (unpaired) electrons. The molecular formula is C14H19Cl3N2O. The Labute approximate surface area is 135 Å². The Morgan fingerprint density at radius 3 is 2.85 bits per heavy atom. The Morgan fingerprint density at radius 1 is 1.50 bits per heavy atom. The van der Waals surface area contributed by atoms with Crippen molar-refractivity contribution >= 4 is 41.5 Å². The first-order valence-electron chi connectivity index (χ1n) is 6.46. The van der Waals surface area contributed by atoms with Gasteiger partial charge in [-0.15, -0.1) is 12.4 Å². The Kier molecular flexibility index (Phi) is 6.59. The molecule has 3 unspecified atom stereocenters. The molecule has 6 heteroatoms. The molecule has 0 aromatic heterocycles. The molecule has 1 aromatic carbocycles. The number of hydrogen-bond acceptors (Lipinski definition) is 2. The normalized spacial score (nSPS) is 21.8. The molecule has 3 nitrogen and oxygen atoms in total. The van der Waals surface area contributed by atoms with Gasteiger partial charge >= 0.3 is 0 Å². The van der Waals surface area contributed by atoms with Crippen LogP contribution in [0, 0.1) is 11.8 Å². The molecule has 2 rings (SSSR count). The molecule has 1 amide bonds. The van der Waals surface area contributed by atoms with Crippen LogP contribution < -0.4 is 11.1 Å². The van der Waals surface area contributed by atoms with Gasteiger partial charge in [0.15, 0.2) is 0 Å². The van der Waals surface area contributed by atoms with E-state index in [9.17, 15) is 4.79 Å². The largest absolute Gasteiger partial charge is 0.356 e. The Morgan fingerprint density at radius 2 is 2.20 bits per heavy atom. The van der Waals surface area contributed by atoms with Crippen molar-refractivity contribution in [3.8, 4) is 0 Å². The Balaban J connectivity index is 0.00000200. The quantitative estimate of drug-likeness (QED) is 0.866. The van der Waals surface area contributed by atoms with E-state index in [2.05, 4.69) is 5.32 Å². The molecule has 1 aliphatic carbocycles. The molecule has 20 heavy (non-hydrogen) atoms. The van der Waals surface area contributed by atoms with Gasteiger partial charge in [-0.25, -0.2) is 0 Å². The number of nitrogens with two attached hydrogens (primary N) is 1. The number of carbonyl (C=O) groups excluding carboxylic acids is 1. The first kappa shape index (κ1) is 17.6. The number of carbonyl (C=O) groups is 1.